The monoisotopic (exact) mass is 160 g/mol. The molecular formula is C7H12O4. The molecule has 1 aliphatic heterocycles. The van der Waals surface area contributed by atoms with E-state index in [-0.39, 0.29) is 6.10 Å². The molecule has 1 fully saturated rings. The lowest BCUT2D eigenvalue weighted by Crippen LogP contribution is -2.12. The summed E-state index contributed by atoms with van der Waals surface area (Å²) in [5.41, 5.74) is 0. The van der Waals surface area contributed by atoms with Gasteiger partial charge in [-0.25, -0.2) is 4.79 Å². The van der Waals surface area contributed by atoms with Crippen molar-refractivity contribution in [1.29, 1.82) is 0 Å². The van der Waals surface area contributed by atoms with Crippen LogP contribution in [0.15, 0.2) is 0 Å². The summed E-state index contributed by atoms with van der Waals surface area (Å²) >= 11 is 0. The van der Waals surface area contributed by atoms with Gasteiger partial charge in [0.15, 0.2) is 0 Å². The van der Waals surface area contributed by atoms with Gasteiger partial charge in [-0.05, 0) is 6.92 Å². The van der Waals surface area contributed by atoms with Crippen LogP contribution in [-0.2, 0) is 14.2 Å². The molecule has 64 valence electrons. The van der Waals surface area contributed by atoms with Crippen molar-refractivity contribution in [2.75, 3.05) is 19.8 Å². The van der Waals surface area contributed by atoms with Gasteiger partial charge in [0.2, 0.25) is 0 Å². The highest BCUT2D eigenvalue weighted by Gasteiger charge is 2.24. The molecule has 1 heterocycles. The Bertz CT molecular complexity index is 134. The van der Waals surface area contributed by atoms with Crippen LogP contribution in [0.5, 0.6) is 0 Å². The Kier molecular flexibility index (Phi) is 3.16. The van der Waals surface area contributed by atoms with E-state index in [4.69, 9.17) is 9.47 Å². The second kappa shape index (κ2) is 4.18. The second-order valence-corrected chi connectivity index (χ2v) is 2.29. The number of hydrogen-bond acceptors (Lipinski definition) is 4. The first-order valence-corrected chi connectivity index (χ1v) is 3.74. The fraction of sp³-hybridized carbons (Fsp3) is 0.857. The summed E-state index contributed by atoms with van der Waals surface area (Å²) in [7, 11) is 0. The quantitative estimate of drug-likeness (QED) is 0.453. The average molecular weight is 160 g/mol. The minimum atomic E-state index is -0.563. The van der Waals surface area contributed by atoms with E-state index in [0.29, 0.717) is 19.8 Å². The highest BCUT2D eigenvalue weighted by molar-refractivity contribution is 5.61. The van der Waals surface area contributed by atoms with E-state index in [1.165, 1.54) is 0 Å². The molecule has 0 spiro atoms. The molecule has 0 aliphatic carbocycles. The molecule has 0 saturated carbocycles. The minimum Gasteiger partial charge on any atom is -0.430 e. The molecule has 0 aromatic rings. The van der Waals surface area contributed by atoms with Gasteiger partial charge in [0.1, 0.15) is 12.7 Å². The molecule has 11 heavy (non-hydrogen) atoms. The fourth-order valence-corrected chi connectivity index (χ4v) is 0.866. The Morgan fingerprint density at radius 1 is 1.73 bits per heavy atom. The van der Waals surface area contributed by atoms with Crippen LogP contribution in [0.1, 0.15) is 13.3 Å². The van der Waals surface area contributed by atoms with E-state index < -0.39 is 6.16 Å². The Labute approximate surface area is 65.4 Å². The number of hydrogen-bond donors (Lipinski definition) is 0. The zero-order valence-corrected chi connectivity index (χ0v) is 6.54. The van der Waals surface area contributed by atoms with Gasteiger partial charge in [-0.3, -0.25) is 0 Å². The zero-order valence-electron chi connectivity index (χ0n) is 6.54. The van der Waals surface area contributed by atoms with Crippen LogP contribution in [-0.4, -0.2) is 32.1 Å². The zero-order chi connectivity index (χ0) is 8.10. The van der Waals surface area contributed by atoms with Crippen molar-refractivity contribution in [3.8, 4) is 0 Å². The predicted octanol–water partition coefficient (Wildman–Crippen LogP) is 0.948. The topological polar surface area (TPSA) is 44.8 Å². The lowest BCUT2D eigenvalue weighted by Gasteiger charge is -2.04. The van der Waals surface area contributed by atoms with Crippen molar-refractivity contribution in [3.63, 3.8) is 0 Å². The first kappa shape index (κ1) is 8.33. The van der Waals surface area contributed by atoms with Crippen molar-refractivity contribution < 1.29 is 19.0 Å². The SMILES string of the molecule is CCOCCC1COC(=O)O1. The van der Waals surface area contributed by atoms with E-state index >= 15 is 0 Å². The molecule has 4 heteroatoms. The van der Waals surface area contributed by atoms with Crippen molar-refractivity contribution in [1.82, 2.24) is 0 Å². The van der Waals surface area contributed by atoms with Crippen molar-refractivity contribution in [2.24, 2.45) is 0 Å². The molecular weight excluding hydrogens is 148 g/mol. The van der Waals surface area contributed by atoms with Crippen molar-refractivity contribution >= 4 is 6.16 Å². The van der Waals surface area contributed by atoms with Crippen molar-refractivity contribution in [3.05, 3.63) is 0 Å². The number of rotatable bonds is 4. The molecule has 0 N–H and O–H groups in total. The minimum absolute atomic E-state index is 0.103. The van der Waals surface area contributed by atoms with Crippen LogP contribution in [0.2, 0.25) is 0 Å². The number of ether oxygens (including phenoxy) is 3. The summed E-state index contributed by atoms with van der Waals surface area (Å²) in [6.45, 7) is 3.61. The van der Waals surface area contributed by atoms with Crippen LogP contribution >= 0.6 is 0 Å². The molecule has 0 aromatic heterocycles. The second-order valence-electron chi connectivity index (χ2n) is 2.29. The van der Waals surface area contributed by atoms with Crippen LogP contribution in [0.3, 0.4) is 0 Å². The molecule has 0 bridgehead atoms. The highest BCUT2D eigenvalue weighted by atomic mass is 16.8. The Morgan fingerprint density at radius 3 is 3.09 bits per heavy atom. The largest absolute Gasteiger partial charge is 0.508 e. The van der Waals surface area contributed by atoms with E-state index in [2.05, 4.69) is 4.74 Å². The third-order valence-corrected chi connectivity index (χ3v) is 1.44. The summed E-state index contributed by atoms with van der Waals surface area (Å²) in [5, 5.41) is 0. The summed E-state index contributed by atoms with van der Waals surface area (Å²) in [6.07, 6.45) is 0.0556. The van der Waals surface area contributed by atoms with Gasteiger partial charge in [-0.2, -0.15) is 0 Å². The molecule has 0 radical (unpaired) electrons. The van der Waals surface area contributed by atoms with Crippen LogP contribution in [0.25, 0.3) is 0 Å². The van der Waals surface area contributed by atoms with E-state index in [1.54, 1.807) is 0 Å². The Morgan fingerprint density at radius 2 is 2.55 bits per heavy atom. The third-order valence-electron chi connectivity index (χ3n) is 1.44. The molecule has 1 aliphatic rings. The van der Waals surface area contributed by atoms with Gasteiger partial charge in [0.25, 0.3) is 0 Å². The summed E-state index contributed by atoms with van der Waals surface area (Å²) in [5.74, 6) is 0. The molecule has 0 aromatic carbocycles. The Hall–Kier alpha value is -0.770. The molecule has 1 atom stereocenters. The number of cyclic esters (lactones) is 2. The Balaban J connectivity index is 2.04. The highest BCUT2D eigenvalue weighted by Crippen LogP contribution is 2.09. The lowest BCUT2D eigenvalue weighted by molar-refractivity contribution is 0.0884. The maximum absolute atomic E-state index is 10.4. The van der Waals surface area contributed by atoms with Gasteiger partial charge in [-0.1, -0.05) is 0 Å². The predicted molar refractivity (Wildman–Crippen MR) is 37.3 cm³/mol. The molecule has 4 nitrogen and oxygen atoms in total. The standard InChI is InChI=1S/C7H12O4/c1-2-9-4-3-6-5-10-7(8)11-6/h6H,2-5H2,1H3. The first-order valence-electron chi connectivity index (χ1n) is 3.74. The lowest BCUT2D eigenvalue weighted by atomic mass is 10.3. The molecule has 1 saturated heterocycles. The molecule has 1 rings (SSSR count). The van der Waals surface area contributed by atoms with E-state index in [0.717, 1.165) is 6.42 Å². The van der Waals surface area contributed by atoms with Gasteiger partial charge < -0.3 is 14.2 Å². The number of carbonyl (C=O) groups excluding carboxylic acids is 1. The molecule has 0 amide bonds. The van der Waals surface area contributed by atoms with E-state index in [1.807, 2.05) is 6.92 Å². The van der Waals surface area contributed by atoms with Gasteiger partial charge in [0.05, 0.1) is 6.61 Å². The van der Waals surface area contributed by atoms with Crippen molar-refractivity contribution in [2.45, 2.75) is 19.4 Å². The van der Waals surface area contributed by atoms with Crippen LogP contribution in [0, 0.1) is 0 Å². The maximum Gasteiger partial charge on any atom is 0.508 e. The first-order chi connectivity index (χ1) is 5.33. The average Bonchev–Trinajstić information content (AvgIpc) is 2.37. The van der Waals surface area contributed by atoms with E-state index in [9.17, 15) is 4.79 Å². The maximum atomic E-state index is 10.4. The summed E-state index contributed by atoms with van der Waals surface area (Å²) in [6, 6.07) is 0. The summed E-state index contributed by atoms with van der Waals surface area (Å²) < 4.78 is 14.4. The smallest absolute Gasteiger partial charge is 0.430 e. The normalized spacial score (nSPS) is 23.0. The number of carbonyl (C=O) groups is 1. The summed E-state index contributed by atoms with van der Waals surface area (Å²) in [4.78, 5) is 10.4. The van der Waals surface area contributed by atoms with Gasteiger partial charge in [0, 0.05) is 13.0 Å². The third kappa shape index (κ3) is 2.76. The van der Waals surface area contributed by atoms with Crippen LogP contribution < -0.4 is 0 Å². The van der Waals surface area contributed by atoms with Crippen LogP contribution in [0.4, 0.5) is 4.79 Å². The molecule has 1 unspecified atom stereocenters. The van der Waals surface area contributed by atoms with Gasteiger partial charge in [-0.15, -0.1) is 0 Å². The fourth-order valence-electron chi connectivity index (χ4n) is 0.866. The van der Waals surface area contributed by atoms with Gasteiger partial charge >= 0.3 is 6.16 Å².